The quantitative estimate of drug-likeness (QED) is 0.469. The summed E-state index contributed by atoms with van der Waals surface area (Å²) in [7, 11) is 1.53. The third-order valence-electron chi connectivity index (χ3n) is 6.62. The highest BCUT2D eigenvalue weighted by atomic mass is 16.5. The number of nitrogens with zero attached hydrogens (tertiary/aromatic N) is 1. The molecule has 186 valence electrons. The molecule has 3 N–H and O–H groups in total. The van der Waals surface area contributed by atoms with Crippen molar-refractivity contribution in [3.05, 3.63) is 59.7 Å². The summed E-state index contributed by atoms with van der Waals surface area (Å²) in [6.45, 7) is 0.378. The van der Waals surface area contributed by atoms with Crippen LogP contribution in [0.15, 0.2) is 48.5 Å². The summed E-state index contributed by atoms with van der Waals surface area (Å²) in [5.41, 5.74) is 4.36. The topological polar surface area (TPSA) is 125 Å². The number of ether oxygens (including phenoxy) is 2. The molecule has 4 rings (SSSR count). The van der Waals surface area contributed by atoms with Gasteiger partial charge in [0, 0.05) is 32.6 Å². The number of likely N-dealkylation sites (tertiary alicyclic amines) is 1. The number of aliphatic carboxylic acids is 1. The molecule has 0 spiro atoms. The van der Waals surface area contributed by atoms with Gasteiger partial charge in [-0.2, -0.15) is 0 Å². The Labute approximate surface area is 203 Å². The number of carbonyl (C=O) groups is 3. The monoisotopic (exact) mass is 482 g/mol. The lowest BCUT2D eigenvalue weighted by atomic mass is 9.98. The first kappa shape index (κ1) is 24.7. The molecule has 3 atom stereocenters. The van der Waals surface area contributed by atoms with E-state index in [9.17, 15) is 24.6 Å². The van der Waals surface area contributed by atoms with E-state index in [4.69, 9.17) is 9.47 Å². The molecule has 2 aliphatic rings. The molecule has 1 fully saturated rings. The van der Waals surface area contributed by atoms with Crippen molar-refractivity contribution in [3.63, 3.8) is 0 Å². The Morgan fingerprint density at radius 3 is 2.31 bits per heavy atom. The summed E-state index contributed by atoms with van der Waals surface area (Å²) < 4.78 is 10.6. The fourth-order valence-corrected chi connectivity index (χ4v) is 4.96. The predicted molar refractivity (Wildman–Crippen MR) is 127 cm³/mol. The zero-order valence-corrected chi connectivity index (χ0v) is 19.6. The predicted octanol–water partition coefficient (Wildman–Crippen LogP) is 2.37. The van der Waals surface area contributed by atoms with Crippen LogP contribution in [-0.2, 0) is 19.1 Å². The Kier molecular flexibility index (Phi) is 7.67. The SMILES string of the molecule is COCCCC(NC(=O)OCC1c2ccccc2-c2ccccc21)C(=O)N1C[C@H](O)C[C@@H]1C(=O)O. The van der Waals surface area contributed by atoms with Crippen LogP contribution in [0.5, 0.6) is 0 Å². The maximum Gasteiger partial charge on any atom is 0.407 e. The first-order valence-electron chi connectivity index (χ1n) is 11.7. The van der Waals surface area contributed by atoms with Crippen molar-refractivity contribution in [2.75, 3.05) is 26.9 Å². The molecule has 35 heavy (non-hydrogen) atoms. The van der Waals surface area contributed by atoms with Crippen LogP contribution in [0.3, 0.4) is 0 Å². The maximum absolute atomic E-state index is 13.2. The number of hydrogen-bond acceptors (Lipinski definition) is 6. The molecule has 0 radical (unpaired) electrons. The van der Waals surface area contributed by atoms with Crippen LogP contribution in [0.4, 0.5) is 4.79 Å². The lowest BCUT2D eigenvalue weighted by Crippen LogP contribution is -2.52. The van der Waals surface area contributed by atoms with E-state index >= 15 is 0 Å². The van der Waals surface area contributed by atoms with Crippen LogP contribution in [0.1, 0.15) is 36.3 Å². The molecular formula is C26H30N2O7. The van der Waals surface area contributed by atoms with Crippen molar-refractivity contribution >= 4 is 18.0 Å². The summed E-state index contributed by atoms with van der Waals surface area (Å²) >= 11 is 0. The van der Waals surface area contributed by atoms with Crippen LogP contribution >= 0.6 is 0 Å². The third-order valence-corrected chi connectivity index (χ3v) is 6.62. The van der Waals surface area contributed by atoms with Crippen molar-refractivity contribution in [1.82, 2.24) is 10.2 Å². The first-order valence-corrected chi connectivity index (χ1v) is 11.7. The zero-order chi connectivity index (χ0) is 24.9. The van der Waals surface area contributed by atoms with Crippen LogP contribution in [-0.4, -0.2) is 78.1 Å². The highest BCUT2D eigenvalue weighted by Gasteiger charge is 2.41. The van der Waals surface area contributed by atoms with Crippen molar-refractivity contribution < 1.29 is 34.1 Å². The molecular weight excluding hydrogens is 452 g/mol. The van der Waals surface area contributed by atoms with E-state index < -0.39 is 36.2 Å². The molecule has 0 saturated carbocycles. The third kappa shape index (κ3) is 5.31. The largest absolute Gasteiger partial charge is 0.480 e. The van der Waals surface area contributed by atoms with E-state index in [1.165, 1.54) is 7.11 Å². The standard InChI is InChI=1S/C26H30N2O7/c1-34-12-6-11-22(24(30)28-14-16(29)13-23(28)25(31)32)27-26(33)35-15-21-19-9-4-2-7-17(19)18-8-3-5-10-20(18)21/h2-5,7-10,16,21-23,29H,6,11-15H2,1H3,(H,27,33)(H,31,32)/t16-,22?,23-/m1/s1. The summed E-state index contributed by atoms with van der Waals surface area (Å²) in [5, 5.41) is 22.0. The Bertz CT molecular complexity index is 1040. The van der Waals surface area contributed by atoms with Gasteiger partial charge in [0.05, 0.1) is 6.10 Å². The number of amides is 2. The van der Waals surface area contributed by atoms with Crippen LogP contribution in [0.2, 0.25) is 0 Å². The summed E-state index contributed by atoms with van der Waals surface area (Å²) in [6.07, 6.45) is -1.000. The Morgan fingerprint density at radius 2 is 1.71 bits per heavy atom. The Morgan fingerprint density at radius 1 is 1.09 bits per heavy atom. The van der Waals surface area contributed by atoms with Gasteiger partial charge in [-0.25, -0.2) is 9.59 Å². The summed E-state index contributed by atoms with van der Waals surface area (Å²) in [4.78, 5) is 38.6. The molecule has 9 heteroatoms. The minimum Gasteiger partial charge on any atom is -0.480 e. The van der Waals surface area contributed by atoms with Crippen LogP contribution < -0.4 is 5.32 Å². The van der Waals surface area contributed by atoms with Gasteiger partial charge in [-0.05, 0) is 35.1 Å². The Balaban J connectivity index is 1.44. The lowest BCUT2D eigenvalue weighted by molar-refractivity contribution is -0.149. The van der Waals surface area contributed by atoms with Gasteiger partial charge in [-0.3, -0.25) is 4.79 Å². The van der Waals surface area contributed by atoms with Gasteiger partial charge in [-0.15, -0.1) is 0 Å². The van der Waals surface area contributed by atoms with Crippen LogP contribution in [0, 0.1) is 0 Å². The van der Waals surface area contributed by atoms with Gasteiger partial charge in [0.25, 0.3) is 0 Å². The van der Waals surface area contributed by atoms with Gasteiger partial charge < -0.3 is 29.9 Å². The van der Waals surface area contributed by atoms with E-state index in [0.29, 0.717) is 13.0 Å². The molecule has 1 aliphatic heterocycles. The molecule has 1 saturated heterocycles. The number of aliphatic hydroxyl groups is 1. The Hall–Kier alpha value is -3.43. The average Bonchev–Trinajstić information content (AvgIpc) is 3.40. The number of rotatable bonds is 9. The smallest absolute Gasteiger partial charge is 0.407 e. The number of β-amino-alcohol motifs (C(OH)–C–C–N with tert-alkyl or cyclic N) is 1. The number of alkyl carbamates (subject to hydrolysis) is 1. The second kappa shape index (κ2) is 10.9. The number of carboxylic acid groups (broad SMARTS) is 1. The minimum atomic E-state index is -1.19. The summed E-state index contributed by atoms with van der Waals surface area (Å²) in [5.74, 6) is -1.87. The highest BCUT2D eigenvalue weighted by Crippen LogP contribution is 2.44. The number of methoxy groups -OCH3 is 1. The van der Waals surface area contributed by atoms with Gasteiger partial charge in [-0.1, -0.05) is 48.5 Å². The fourth-order valence-electron chi connectivity index (χ4n) is 4.96. The molecule has 1 unspecified atom stereocenters. The normalized spacial score (nSPS) is 19.7. The summed E-state index contributed by atoms with van der Waals surface area (Å²) in [6, 6.07) is 13.8. The number of hydrogen-bond donors (Lipinski definition) is 3. The molecule has 0 aromatic heterocycles. The zero-order valence-electron chi connectivity index (χ0n) is 19.6. The molecule has 2 aromatic rings. The minimum absolute atomic E-state index is 0.0448. The second-order valence-corrected chi connectivity index (χ2v) is 8.89. The number of carbonyl (C=O) groups excluding carboxylic acids is 2. The average molecular weight is 483 g/mol. The maximum atomic E-state index is 13.2. The highest BCUT2D eigenvalue weighted by molar-refractivity contribution is 5.90. The van der Waals surface area contributed by atoms with Crippen LogP contribution in [0.25, 0.3) is 11.1 Å². The number of aliphatic hydroxyl groups excluding tert-OH is 1. The molecule has 9 nitrogen and oxygen atoms in total. The van der Waals surface area contributed by atoms with Gasteiger partial charge in [0.2, 0.25) is 5.91 Å². The van der Waals surface area contributed by atoms with Crippen molar-refractivity contribution in [2.45, 2.75) is 43.4 Å². The lowest BCUT2D eigenvalue weighted by Gasteiger charge is -2.27. The van der Waals surface area contributed by atoms with Gasteiger partial charge in [0.1, 0.15) is 18.7 Å². The molecule has 0 bridgehead atoms. The number of fused-ring (bicyclic) bond motifs is 3. The fraction of sp³-hybridized carbons (Fsp3) is 0.423. The van der Waals surface area contributed by atoms with Crippen molar-refractivity contribution in [3.8, 4) is 11.1 Å². The van der Waals surface area contributed by atoms with E-state index in [1.807, 2.05) is 48.5 Å². The number of carboxylic acids is 1. The van der Waals surface area contributed by atoms with E-state index in [0.717, 1.165) is 27.2 Å². The van der Waals surface area contributed by atoms with Gasteiger partial charge >= 0.3 is 12.1 Å². The number of nitrogens with one attached hydrogen (secondary N) is 1. The van der Waals surface area contributed by atoms with Crippen molar-refractivity contribution in [2.24, 2.45) is 0 Å². The molecule has 2 amide bonds. The number of benzene rings is 2. The van der Waals surface area contributed by atoms with E-state index in [1.54, 1.807) is 0 Å². The second-order valence-electron chi connectivity index (χ2n) is 8.89. The first-order chi connectivity index (χ1) is 16.9. The van der Waals surface area contributed by atoms with E-state index in [-0.39, 0.29) is 31.9 Å². The van der Waals surface area contributed by atoms with Crippen molar-refractivity contribution in [1.29, 1.82) is 0 Å². The molecule has 1 aliphatic carbocycles. The van der Waals surface area contributed by atoms with Gasteiger partial charge in [0.15, 0.2) is 0 Å². The molecule has 2 aromatic carbocycles. The van der Waals surface area contributed by atoms with E-state index in [2.05, 4.69) is 5.32 Å². The molecule has 1 heterocycles.